The van der Waals surface area contributed by atoms with Crippen LogP contribution in [0.4, 0.5) is 0 Å². The van der Waals surface area contributed by atoms with E-state index < -0.39 is 0 Å². The lowest BCUT2D eigenvalue weighted by Crippen LogP contribution is -2.48. The Hall–Kier alpha value is -3.55. The second-order valence-electron chi connectivity index (χ2n) is 12.8. The Balaban J connectivity index is 1.11. The first-order valence-corrected chi connectivity index (χ1v) is 15.7. The number of hydrogen-bond acceptors (Lipinski definition) is 5. The summed E-state index contributed by atoms with van der Waals surface area (Å²) in [4.78, 5) is 20.3. The van der Waals surface area contributed by atoms with E-state index in [1.165, 1.54) is 48.9 Å². The van der Waals surface area contributed by atoms with E-state index in [0.29, 0.717) is 24.8 Å². The molecule has 2 aromatic heterocycles. The van der Waals surface area contributed by atoms with Crippen molar-refractivity contribution in [3.05, 3.63) is 71.4 Å². The number of fused-ring (bicyclic) bond motifs is 2. The predicted octanol–water partition coefficient (Wildman–Crippen LogP) is 6.32. The summed E-state index contributed by atoms with van der Waals surface area (Å²) < 4.78 is 5.41. The number of benzene rings is 2. The Labute approximate surface area is 248 Å². The largest absolute Gasteiger partial charge is 0.381 e. The van der Waals surface area contributed by atoms with Crippen molar-refractivity contribution >= 4 is 16.9 Å². The third-order valence-corrected chi connectivity index (χ3v) is 10.0. The number of H-pyrrole nitrogens is 1. The smallest absolute Gasteiger partial charge is 0.251 e. The highest BCUT2D eigenvalue weighted by atomic mass is 16.5. The lowest BCUT2D eigenvalue weighted by atomic mass is 9.89. The van der Waals surface area contributed by atoms with Gasteiger partial charge in [0.05, 0.1) is 0 Å². The number of likely N-dealkylation sites (tertiary alicyclic amines) is 1. The minimum absolute atomic E-state index is 0.0391. The molecule has 0 bridgehead atoms. The Bertz CT molecular complexity index is 1590. The van der Waals surface area contributed by atoms with E-state index in [0.717, 1.165) is 53.5 Å². The molecule has 0 spiro atoms. The zero-order valence-corrected chi connectivity index (χ0v) is 24.8. The van der Waals surface area contributed by atoms with Gasteiger partial charge < -0.3 is 10.1 Å². The van der Waals surface area contributed by atoms with Gasteiger partial charge in [-0.1, -0.05) is 30.3 Å². The Kier molecular flexibility index (Phi) is 7.32. The number of pyridine rings is 1. The first-order chi connectivity index (χ1) is 20.5. The number of aromatic amines is 1. The van der Waals surface area contributed by atoms with Crippen LogP contribution in [-0.4, -0.2) is 63.4 Å². The number of ether oxygens (including phenoxy) is 1. The van der Waals surface area contributed by atoms with Crippen molar-refractivity contribution in [3.63, 3.8) is 0 Å². The third kappa shape index (κ3) is 5.25. The van der Waals surface area contributed by atoms with Gasteiger partial charge in [-0.15, -0.1) is 0 Å². The quantitative estimate of drug-likeness (QED) is 0.278. The first kappa shape index (κ1) is 27.3. The van der Waals surface area contributed by atoms with Gasteiger partial charge in [-0.3, -0.25) is 14.8 Å². The minimum atomic E-state index is -0.0391. The molecule has 4 aromatic rings. The van der Waals surface area contributed by atoms with Crippen LogP contribution in [0.5, 0.6) is 0 Å². The average Bonchev–Trinajstić information content (AvgIpc) is 3.61. The summed E-state index contributed by atoms with van der Waals surface area (Å²) in [7, 11) is 0. The third-order valence-electron chi connectivity index (χ3n) is 10.0. The van der Waals surface area contributed by atoms with E-state index in [1.807, 2.05) is 30.5 Å². The normalized spacial score (nSPS) is 23.5. The molecule has 3 aliphatic rings. The van der Waals surface area contributed by atoms with Gasteiger partial charge in [0.1, 0.15) is 5.69 Å². The highest BCUT2D eigenvalue weighted by molar-refractivity contribution is 5.96. The van der Waals surface area contributed by atoms with E-state index in [9.17, 15) is 4.79 Å². The van der Waals surface area contributed by atoms with Crippen LogP contribution in [0, 0.1) is 0 Å². The topological polar surface area (TPSA) is 83.1 Å². The fraction of sp³-hybridized carbons (Fsp3) is 0.457. The van der Waals surface area contributed by atoms with E-state index in [4.69, 9.17) is 9.72 Å². The van der Waals surface area contributed by atoms with Gasteiger partial charge in [-0.05, 0) is 107 Å². The molecule has 2 atom stereocenters. The maximum atomic E-state index is 12.8. The van der Waals surface area contributed by atoms with Crippen molar-refractivity contribution in [2.75, 3.05) is 19.8 Å². The maximum absolute atomic E-state index is 12.8. The maximum Gasteiger partial charge on any atom is 0.251 e. The molecule has 2 saturated heterocycles. The molecule has 218 valence electrons. The van der Waals surface area contributed by atoms with E-state index >= 15 is 0 Å². The number of aryl methyl sites for hydroxylation is 2. The summed E-state index contributed by atoms with van der Waals surface area (Å²) in [5.41, 5.74) is 8.78. The molecule has 1 aliphatic carbocycles. The fourth-order valence-corrected chi connectivity index (χ4v) is 7.41. The molecule has 1 amide bonds. The van der Waals surface area contributed by atoms with Crippen LogP contribution in [-0.2, 0) is 17.6 Å². The van der Waals surface area contributed by atoms with Crippen LogP contribution in [0.1, 0.15) is 73.9 Å². The van der Waals surface area contributed by atoms with Gasteiger partial charge in [0, 0.05) is 59.1 Å². The van der Waals surface area contributed by atoms with Crippen LogP contribution in [0.2, 0.25) is 0 Å². The van der Waals surface area contributed by atoms with Crippen LogP contribution in [0.25, 0.3) is 33.4 Å². The molecule has 2 N–H and O–H groups in total. The molecule has 7 rings (SSSR count). The monoisotopic (exact) mass is 563 g/mol. The molecule has 4 heterocycles. The summed E-state index contributed by atoms with van der Waals surface area (Å²) >= 11 is 0. The molecule has 1 unspecified atom stereocenters. The molecule has 0 radical (unpaired) electrons. The zero-order valence-electron chi connectivity index (χ0n) is 24.8. The number of carbonyl (C=O) groups is 1. The van der Waals surface area contributed by atoms with Crippen molar-refractivity contribution in [1.82, 2.24) is 25.4 Å². The van der Waals surface area contributed by atoms with E-state index in [2.05, 4.69) is 58.5 Å². The molecule has 2 aliphatic heterocycles. The van der Waals surface area contributed by atoms with Crippen LogP contribution in [0.15, 0.2) is 54.7 Å². The van der Waals surface area contributed by atoms with Crippen LogP contribution < -0.4 is 5.32 Å². The second kappa shape index (κ2) is 11.3. The molecule has 2 fully saturated rings. The molecule has 42 heavy (non-hydrogen) atoms. The average molecular weight is 564 g/mol. The van der Waals surface area contributed by atoms with Gasteiger partial charge in [-0.2, -0.15) is 5.10 Å². The zero-order chi connectivity index (χ0) is 28.7. The van der Waals surface area contributed by atoms with Gasteiger partial charge in [0.15, 0.2) is 5.65 Å². The number of rotatable bonds is 5. The summed E-state index contributed by atoms with van der Waals surface area (Å²) in [5.74, 6) is -0.0391. The summed E-state index contributed by atoms with van der Waals surface area (Å²) in [6.07, 6.45) is 11.0. The first-order valence-electron chi connectivity index (χ1n) is 15.7. The number of amides is 1. The van der Waals surface area contributed by atoms with E-state index in [1.54, 1.807) is 0 Å². The number of carbonyl (C=O) groups excluding carboxylic acids is 1. The van der Waals surface area contributed by atoms with Crippen molar-refractivity contribution < 1.29 is 9.53 Å². The number of hydrogen-bond donors (Lipinski definition) is 2. The van der Waals surface area contributed by atoms with Crippen LogP contribution >= 0.6 is 0 Å². The lowest BCUT2D eigenvalue weighted by Gasteiger charge is -2.41. The fourth-order valence-electron chi connectivity index (χ4n) is 7.41. The standard InChI is InChI=1S/C35H41N5O2/c1-23-4-3-17-40(23)35(2)15-11-24-5-10-27(20-28(24)12-16-35)29-21-31-32(38-39-33(31)36-22-29)25-6-8-26(9-7-25)34(41)37-30-13-18-42-19-14-30/h5-10,20-23,30H,3-4,11-19H2,1-2H3,(H,37,41)(H,36,38,39)/t23-,35?/m1/s1. The van der Waals surface area contributed by atoms with E-state index in [-0.39, 0.29) is 17.5 Å². The molecular formula is C35H41N5O2. The van der Waals surface area contributed by atoms with Crippen molar-refractivity contribution in [2.45, 2.75) is 82.8 Å². The Morgan fingerprint density at radius 1 is 0.976 bits per heavy atom. The van der Waals surface area contributed by atoms with Gasteiger partial charge >= 0.3 is 0 Å². The Morgan fingerprint density at radius 2 is 1.74 bits per heavy atom. The molecule has 0 saturated carbocycles. The van der Waals surface area contributed by atoms with Crippen molar-refractivity contribution in [3.8, 4) is 22.4 Å². The molecule has 2 aromatic carbocycles. The van der Waals surface area contributed by atoms with Gasteiger partial charge in [0.2, 0.25) is 0 Å². The lowest BCUT2D eigenvalue weighted by molar-refractivity contribution is 0.0696. The number of nitrogens with one attached hydrogen (secondary N) is 2. The summed E-state index contributed by atoms with van der Waals surface area (Å²) in [5, 5.41) is 11.8. The molecule has 7 nitrogen and oxygen atoms in total. The van der Waals surface area contributed by atoms with Crippen molar-refractivity contribution in [1.29, 1.82) is 0 Å². The summed E-state index contributed by atoms with van der Waals surface area (Å²) in [6, 6.07) is 17.8. The van der Waals surface area contributed by atoms with Crippen molar-refractivity contribution in [2.24, 2.45) is 0 Å². The Morgan fingerprint density at radius 3 is 2.50 bits per heavy atom. The van der Waals surface area contributed by atoms with Crippen LogP contribution in [0.3, 0.4) is 0 Å². The predicted molar refractivity (Wildman–Crippen MR) is 167 cm³/mol. The highest BCUT2D eigenvalue weighted by Crippen LogP contribution is 2.38. The number of aromatic nitrogens is 3. The molecule has 7 heteroatoms. The highest BCUT2D eigenvalue weighted by Gasteiger charge is 2.38. The SMILES string of the molecule is C[C@@H]1CCCN1C1(C)CCc2ccc(-c3cnc4[nH]nc(-c5ccc(C(=O)NC6CCOCC6)cc5)c4c3)cc2CC1. The summed E-state index contributed by atoms with van der Waals surface area (Å²) in [6.45, 7) is 7.54. The van der Waals surface area contributed by atoms with Gasteiger partial charge in [-0.25, -0.2) is 4.98 Å². The van der Waals surface area contributed by atoms with Gasteiger partial charge in [0.25, 0.3) is 5.91 Å². The second-order valence-corrected chi connectivity index (χ2v) is 12.8. The number of nitrogens with zero attached hydrogens (tertiary/aromatic N) is 3. The minimum Gasteiger partial charge on any atom is -0.381 e. The molecular weight excluding hydrogens is 522 g/mol.